The number of hydrogen-bond donors (Lipinski definition) is 1. The lowest BCUT2D eigenvalue weighted by Crippen LogP contribution is -2.46. The molecule has 0 radical (unpaired) electrons. The summed E-state index contributed by atoms with van der Waals surface area (Å²) < 4.78 is 11.5. The van der Waals surface area contributed by atoms with Gasteiger partial charge in [-0.2, -0.15) is 0 Å². The minimum Gasteiger partial charge on any atom is -0.489 e. The molecule has 2 heterocycles. The molecule has 1 saturated heterocycles. The first-order valence-electron chi connectivity index (χ1n) is 11.8. The van der Waals surface area contributed by atoms with Crippen molar-refractivity contribution in [3.05, 3.63) is 64.7 Å². The van der Waals surface area contributed by atoms with Gasteiger partial charge in [-0.1, -0.05) is 43.7 Å². The van der Waals surface area contributed by atoms with Crippen LogP contribution in [0.2, 0.25) is 0 Å². The van der Waals surface area contributed by atoms with Crippen molar-refractivity contribution in [2.45, 2.75) is 45.5 Å². The average Bonchev–Trinajstić information content (AvgIpc) is 3.19. The number of carbonyl (C=O) groups excluding carboxylic acids is 3. The van der Waals surface area contributed by atoms with Crippen LogP contribution < -0.4 is 10.1 Å². The molecule has 1 fully saturated rings. The molecule has 0 bridgehead atoms. The van der Waals surface area contributed by atoms with Gasteiger partial charge in [-0.05, 0) is 29.7 Å². The number of rotatable bonds is 10. The van der Waals surface area contributed by atoms with Gasteiger partial charge < -0.3 is 14.4 Å². The zero-order chi connectivity index (χ0) is 23.9. The molecule has 1 unspecified atom stereocenters. The molecular formula is C26H31N3O5. The highest BCUT2D eigenvalue weighted by Gasteiger charge is 2.37. The summed E-state index contributed by atoms with van der Waals surface area (Å²) in [5.41, 5.74) is 3.61. The quantitative estimate of drug-likeness (QED) is 0.543. The number of morpholine rings is 1. The maximum absolute atomic E-state index is 13.0. The molecule has 2 aromatic rings. The number of amides is 3. The Morgan fingerprint density at radius 2 is 1.88 bits per heavy atom. The van der Waals surface area contributed by atoms with Crippen LogP contribution in [0.5, 0.6) is 5.75 Å². The Labute approximate surface area is 199 Å². The summed E-state index contributed by atoms with van der Waals surface area (Å²) in [5.74, 6) is -0.0400. The Hall–Kier alpha value is -3.23. The van der Waals surface area contributed by atoms with E-state index in [0.717, 1.165) is 44.0 Å². The number of nitrogens with zero attached hydrogens (tertiary/aromatic N) is 2. The molecule has 1 atom stereocenters. The van der Waals surface area contributed by atoms with E-state index in [-0.39, 0.29) is 12.5 Å². The van der Waals surface area contributed by atoms with Gasteiger partial charge in [0.05, 0.1) is 19.8 Å². The van der Waals surface area contributed by atoms with E-state index in [1.165, 1.54) is 10.5 Å². The summed E-state index contributed by atoms with van der Waals surface area (Å²) >= 11 is 0. The molecule has 0 saturated carbocycles. The Morgan fingerprint density at radius 3 is 2.59 bits per heavy atom. The molecule has 0 aliphatic carbocycles. The van der Waals surface area contributed by atoms with Crippen LogP contribution in [0.25, 0.3) is 0 Å². The second kappa shape index (κ2) is 11.3. The highest BCUT2D eigenvalue weighted by molar-refractivity contribution is 6.02. The molecule has 0 aromatic heterocycles. The van der Waals surface area contributed by atoms with Crippen molar-refractivity contribution in [1.29, 1.82) is 0 Å². The summed E-state index contributed by atoms with van der Waals surface area (Å²) in [7, 11) is 0. The monoisotopic (exact) mass is 465 g/mol. The predicted octanol–water partition coefficient (Wildman–Crippen LogP) is 2.49. The number of imide groups is 1. The van der Waals surface area contributed by atoms with Gasteiger partial charge in [0.25, 0.3) is 5.91 Å². The molecule has 0 spiro atoms. The Balaban J connectivity index is 1.41. The molecule has 8 nitrogen and oxygen atoms in total. The summed E-state index contributed by atoms with van der Waals surface area (Å²) in [5, 5.41) is 2.19. The van der Waals surface area contributed by atoms with Crippen LogP contribution in [0.3, 0.4) is 0 Å². The van der Waals surface area contributed by atoms with E-state index in [9.17, 15) is 14.4 Å². The molecule has 4 rings (SSSR count). The van der Waals surface area contributed by atoms with Gasteiger partial charge >= 0.3 is 0 Å². The second-order valence-corrected chi connectivity index (χ2v) is 8.64. The van der Waals surface area contributed by atoms with Gasteiger partial charge in [-0.3, -0.25) is 24.6 Å². The van der Waals surface area contributed by atoms with E-state index in [4.69, 9.17) is 9.47 Å². The first-order chi connectivity index (χ1) is 16.6. The number of ether oxygens (including phenoxy) is 2. The fourth-order valence-corrected chi connectivity index (χ4v) is 4.49. The van der Waals surface area contributed by atoms with Gasteiger partial charge in [0.2, 0.25) is 12.3 Å². The number of hydrogen-bond acceptors (Lipinski definition) is 6. The number of benzene rings is 2. The zero-order valence-electron chi connectivity index (χ0n) is 19.5. The summed E-state index contributed by atoms with van der Waals surface area (Å²) in [6.07, 6.45) is 1.55. The van der Waals surface area contributed by atoms with Crippen LogP contribution in [-0.4, -0.2) is 60.4 Å². The summed E-state index contributed by atoms with van der Waals surface area (Å²) in [6, 6.07) is 13.1. The molecule has 180 valence electrons. The summed E-state index contributed by atoms with van der Waals surface area (Å²) in [6.45, 7) is 6.99. The summed E-state index contributed by atoms with van der Waals surface area (Å²) in [4.78, 5) is 40.1. The van der Waals surface area contributed by atoms with Crippen molar-refractivity contribution < 1.29 is 23.9 Å². The number of carbonyl (C=O) groups is 3. The van der Waals surface area contributed by atoms with Gasteiger partial charge in [-0.15, -0.1) is 0 Å². The van der Waals surface area contributed by atoms with Gasteiger partial charge in [0.15, 0.2) is 0 Å². The molecular weight excluding hydrogens is 434 g/mol. The highest BCUT2D eigenvalue weighted by atomic mass is 16.5. The van der Waals surface area contributed by atoms with Gasteiger partial charge in [-0.25, -0.2) is 0 Å². The number of nitrogens with one attached hydrogen (secondary N) is 1. The Morgan fingerprint density at radius 1 is 1.15 bits per heavy atom. The van der Waals surface area contributed by atoms with Gasteiger partial charge in [0, 0.05) is 30.8 Å². The smallest absolute Gasteiger partial charge is 0.255 e. The van der Waals surface area contributed by atoms with Crippen molar-refractivity contribution in [3.63, 3.8) is 0 Å². The van der Waals surface area contributed by atoms with E-state index in [1.807, 2.05) is 13.0 Å². The third-order valence-electron chi connectivity index (χ3n) is 6.32. The minimum atomic E-state index is -0.693. The number of fused-ring (bicyclic) bond motifs is 1. The molecule has 34 heavy (non-hydrogen) atoms. The van der Waals surface area contributed by atoms with Gasteiger partial charge in [0.1, 0.15) is 18.4 Å². The molecule has 2 aromatic carbocycles. The molecule has 2 aliphatic heterocycles. The molecule has 3 amide bonds. The Kier molecular flexibility index (Phi) is 7.92. The van der Waals surface area contributed by atoms with E-state index >= 15 is 0 Å². The lowest BCUT2D eigenvalue weighted by molar-refractivity contribution is -0.129. The van der Waals surface area contributed by atoms with Crippen LogP contribution in [-0.2, 0) is 34.0 Å². The zero-order valence-corrected chi connectivity index (χ0v) is 19.5. The first-order valence-corrected chi connectivity index (χ1v) is 11.8. The van der Waals surface area contributed by atoms with E-state index in [1.54, 1.807) is 12.1 Å². The van der Waals surface area contributed by atoms with E-state index in [0.29, 0.717) is 37.2 Å². The molecule has 1 N–H and O–H groups in total. The second-order valence-electron chi connectivity index (χ2n) is 8.64. The van der Waals surface area contributed by atoms with Crippen molar-refractivity contribution in [3.8, 4) is 5.75 Å². The first kappa shape index (κ1) is 23.9. The minimum absolute atomic E-state index is 0.215. The van der Waals surface area contributed by atoms with Crippen molar-refractivity contribution in [1.82, 2.24) is 15.1 Å². The van der Waals surface area contributed by atoms with Crippen LogP contribution in [0.4, 0.5) is 0 Å². The SMILES string of the molecule is CCCC(C(=O)NC=O)N1Cc2c(OCc3ccc(CN4CCOCC4)cc3)cccc2C1=O. The average molecular weight is 466 g/mol. The predicted molar refractivity (Wildman–Crippen MR) is 126 cm³/mol. The maximum atomic E-state index is 13.0. The van der Waals surface area contributed by atoms with Crippen molar-refractivity contribution in [2.24, 2.45) is 0 Å². The topological polar surface area (TPSA) is 88.2 Å². The molecule has 2 aliphatic rings. The Bertz CT molecular complexity index is 1020. The fourth-order valence-electron chi connectivity index (χ4n) is 4.49. The molecule has 8 heteroatoms. The largest absolute Gasteiger partial charge is 0.489 e. The fraction of sp³-hybridized carbons (Fsp3) is 0.423. The van der Waals surface area contributed by atoms with Crippen LogP contribution in [0, 0.1) is 0 Å². The lowest BCUT2D eigenvalue weighted by Gasteiger charge is -2.26. The lowest BCUT2D eigenvalue weighted by atomic mass is 10.1. The van der Waals surface area contributed by atoms with Crippen LogP contribution >= 0.6 is 0 Å². The third kappa shape index (κ3) is 5.46. The van der Waals surface area contributed by atoms with Crippen molar-refractivity contribution >= 4 is 18.2 Å². The van der Waals surface area contributed by atoms with Crippen LogP contribution in [0.1, 0.15) is 46.8 Å². The van der Waals surface area contributed by atoms with Crippen molar-refractivity contribution in [2.75, 3.05) is 26.3 Å². The van der Waals surface area contributed by atoms with Crippen LogP contribution in [0.15, 0.2) is 42.5 Å². The van der Waals surface area contributed by atoms with E-state index < -0.39 is 11.9 Å². The van der Waals surface area contributed by atoms with E-state index in [2.05, 4.69) is 34.5 Å². The normalized spacial score (nSPS) is 16.7. The maximum Gasteiger partial charge on any atom is 0.255 e. The standard InChI is InChI=1S/C26H31N3O5/c1-2-4-23(25(31)27-18-30)29-16-22-21(26(29)32)5-3-6-24(22)34-17-20-9-7-19(8-10-20)15-28-11-13-33-14-12-28/h3,5-10,18,23H,2,4,11-17H2,1H3,(H,27,30,31). The highest BCUT2D eigenvalue weighted by Crippen LogP contribution is 2.33. The third-order valence-corrected chi connectivity index (χ3v) is 6.32.